The molecule has 1 heterocycles. The zero-order valence-corrected chi connectivity index (χ0v) is 10.1. The second-order valence-electron chi connectivity index (χ2n) is 5.24. The summed E-state index contributed by atoms with van der Waals surface area (Å²) in [5, 5.41) is 6.05. The molecule has 0 aromatic rings. The van der Waals surface area contributed by atoms with Crippen molar-refractivity contribution >= 4 is 6.09 Å². The lowest BCUT2D eigenvalue weighted by atomic mass is 10.0. The largest absolute Gasteiger partial charge is 0.446 e. The van der Waals surface area contributed by atoms with E-state index in [2.05, 4.69) is 10.6 Å². The van der Waals surface area contributed by atoms with Crippen molar-refractivity contribution in [2.75, 3.05) is 13.1 Å². The van der Waals surface area contributed by atoms with Crippen LogP contribution in [-0.2, 0) is 4.74 Å². The summed E-state index contributed by atoms with van der Waals surface area (Å²) in [5.74, 6) is 0.454. The molecule has 4 heteroatoms. The fourth-order valence-corrected chi connectivity index (χ4v) is 1.68. The highest BCUT2D eigenvalue weighted by atomic mass is 16.6. The lowest BCUT2D eigenvalue weighted by Gasteiger charge is -2.24. The first kappa shape index (κ1) is 12.3. The Morgan fingerprint density at radius 2 is 2.20 bits per heavy atom. The van der Waals surface area contributed by atoms with Gasteiger partial charge in [0.1, 0.15) is 6.10 Å². The van der Waals surface area contributed by atoms with Gasteiger partial charge in [0, 0.05) is 18.0 Å². The van der Waals surface area contributed by atoms with Gasteiger partial charge in [-0.05, 0) is 40.7 Å². The normalized spacial score (nSPS) is 23.6. The molecule has 0 aromatic carbocycles. The molecule has 0 radical (unpaired) electrons. The molecule has 0 bridgehead atoms. The van der Waals surface area contributed by atoms with Gasteiger partial charge in [0.2, 0.25) is 0 Å². The molecule has 1 aliphatic heterocycles. The van der Waals surface area contributed by atoms with Gasteiger partial charge < -0.3 is 15.4 Å². The molecule has 88 valence electrons. The van der Waals surface area contributed by atoms with Gasteiger partial charge in [0.15, 0.2) is 0 Å². The van der Waals surface area contributed by atoms with Crippen molar-refractivity contribution in [3.63, 3.8) is 0 Å². The average Bonchev–Trinajstić information content (AvgIpc) is 2.50. The van der Waals surface area contributed by atoms with Gasteiger partial charge in [-0.15, -0.1) is 0 Å². The molecule has 0 aromatic heterocycles. The Morgan fingerprint density at radius 1 is 1.53 bits per heavy atom. The maximum Gasteiger partial charge on any atom is 0.407 e. The van der Waals surface area contributed by atoms with Crippen LogP contribution in [0.1, 0.15) is 34.1 Å². The maximum atomic E-state index is 11.5. The van der Waals surface area contributed by atoms with Gasteiger partial charge in [0.25, 0.3) is 0 Å². The summed E-state index contributed by atoms with van der Waals surface area (Å²) in [6, 6.07) is 0. The van der Waals surface area contributed by atoms with Crippen molar-refractivity contribution in [2.24, 2.45) is 5.92 Å². The Bertz CT molecular complexity index is 217. The number of amides is 1. The third-order valence-electron chi connectivity index (χ3n) is 2.53. The molecule has 1 saturated heterocycles. The molecule has 1 rings (SSSR count). The highest BCUT2D eigenvalue weighted by Crippen LogP contribution is 2.15. The first-order valence-corrected chi connectivity index (χ1v) is 5.58. The van der Waals surface area contributed by atoms with Crippen LogP contribution in [0.15, 0.2) is 0 Å². The van der Waals surface area contributed by atoms with Gasteiger partial charge in [-0.25, -0.2) is 4.79 Å². The third kappa shape index (κ3) is 4.51. The average molecular weight is 214 g/mol. The number of alkyl carbamates (subject to hydrolysis) is 1. The molecular weight excluding hydrogens is 192 g/mol. The molecular formula is C11H22N2O2. The van der Waals surface area contributed by atoms with E-state index < -0.39 is 0 Å². The topological polar surface area (TPSA) is 50.4 Å². The van der Waals surface area contributed by atoms with Crippen molar-refractivity contribution in [2.45, 2.75) is 45.8 Å². The van der Waals surface area contributed by atoms with Crippen LogP contribution in [0.2, 0.25) is 0 Å². The number of hydrogen-bond donors (Lipinski definition) is 2. The van der Waals surface area contributed by atoms with E-state index in [0.29, 0.717) is 5.92 Å². The molecule has 4 nitrogen and oxygen atoms in total. The first-order chi connectivity index (χ1) is 6.88. The smallest absolute Gasteiger partial charge is 0.407 e. The number of rotatable bonds is 2. The number of hydrogen-bond acceptors (Lipinski definition) is 3. The molecule has 1 fully saturated rings. The van der Waals surface area contributed by atoms with Crippen LogP contribution in [0.3, 0.4) is 0 Å². The van der Waals surface area contributed by atoms with Gasteiger partial charge in [-0.3, -0.25) is 0 Å². The Balaban J connectivity index is 2.30. The summed E-state index contributed by atoms with van der Waals surface area (Å²) in [5.41, 5.74) is -0.231. The van der Waals surface area contributed by atoms with Crippen molar-refractivity contribution in [3.8, 4) is 0 Å². The van der Waals surface area contributed by atoms with Crippen molar-refractivity contribution < 1.29 is 9.53 Å². The predicted octanol–water partition coefficient (Wildman–Crippen LogP) is 1.51. The van der Waals surface area contributed by atoms with E-state index in [4.69, 9.17) is 4.74 Å². The molecule has 0 aliphatic carbocycles. The molecule has 1 amide bonds. The van der Waals surface area contributed by atoms with Crippen LogP contribution in [0.25, 0.3) is 0 Å². The van der Waals surface area contributed by atoms with Gasteiger partial charge in [-0.2, -0.15) is 0 Å². The molecule has 1 aliphatic rings. The molecule has 0 spiro atoms. The molecule has 0 unspecified atom stereocenters. The highest BCUT2D eigenvalue weighted by Gasteiger charge is 2.25. The van der Waals surface area contributed by atoms with E-state index in [0.717, 1.165) is 19.5 Å². The fraction of sp³-hybridized carbons (Fsp3) is 0.909. The Hall–Kier alpha value is -0.770. The maximum absolute atomic E-state index is 11.5. The minimum Gasteiger partial charge on any atom is -0.446 e. The zero-order valence-electron chi connectivity index (χ0n) is 10.1. The summed E-state index contributed by atoms with van der Waals surface area (Å²) >= 11 is 0. The second-order valence-corrected chi connectivity index (χ2v) is 5.24. The molecule has 0 saturated carbocycles. The first-order valence-electron chi connectivity index (χ1n) is 5.58. The lowest BCUT2D eigenvalue weighted by Crippen LogP contribution is -2.43. The second kappa shape index (κ2) is 4.84. The molecule has 15 heavy (non-hydrogen) atoms. The van der Waals surface area contributed by atoms with Gasteiger partial charge in [-0.1, -0.05) is 0 Å². The Kier molecular flexibility index (Phi) is 3.97. The summed E-state index contributed by atoms with van der Waals surface area (Å²) in [4.78, 5) is 11.5. The summed E-state index contributed by atoms with van der Waals surface area (Å²) in [7, 11) is 0. The molecule has 2 atom stereocenters. The van der Waals surface area contributed by atoms with Crippen molar-refractivity contribution in [3.05, 3.63) is 0 Å². The van der Waals surface area contributed by atoms with Gasteiger partial charge in [0.05, 0.1) is 0 Å². The van der Waals surface area contributed by atoms with Gasteiger partial charge >= 0.3 is 6.09 Å². The van der Waals surface area contributed by atoms with Crippen LogP contribution in [0.4, 0.5) is 4.79 Å². The van der Waals surface area contributed by atoms with E-state index in [9.17, 15) is 4.79 Å². The summed E-state index contributed by atoms with van der Waals surface area (Å²) in [6.07, 6.45) is 0.758. The lowest BCUT2D eigenvalue weighted by molar-refractivity contribution is 0.0725. The SMILES string of the molecule is C[C@@H](OC(=O)NC(C)(C)C)[C@@H]1CCNC1. The highest BCUT2D eigenvalue weighted by molar-refractivity contribution is 5.68. The van der Waals surface area contributed by atoms with E-state index in [1.165, 1.54) is 0 Å². The number of carbonyl (C=O) groups excluding carboxylic acids is 1. The number of nitrogens with one attached hydrogen (secondary N) is 2. The van der Waals surface area contributed by atoms with E-state index in [1.807, 2.05) is 27.7 Å². The quantitative estimate of drug-likeness (QED) is 0.732. The van der Waals surface area contributed by atoms with E-state index >= 15 is 0 Å². The van der Waals surface area contributed by atoms with Crippen LogP contribution >= 0.6 is 0 Å². The van der Waals surface area contributed by atoms with Crippen LogP contribution < -0.4 is 10.6 Å². The predicted molar refractivity (Wildman–Crippen MR) is 59.8 cm³/mol. The van der Waals surface area contributed by atoms with E-state index in [-0.39, 0.29) is 17.7 Å². The van der Waals surface area contributed by atoms with Crippen molar-refractivity contribution in [1.29, 1.82) is 0 Å². The monoisotopic (exact) mass is 214 g/mol. The molecule has 2 N–H and O–H groups in total. The van der Waals surface area contributed by atoms with Crippen LogP contribution in [0, 0.1) is 5.92 Å². The standard InChI is InChI=1S/C11H22N2O2/c1-8(9-5-6-12-7-9)15-10(14)13-11(2,3)4/h8-9,12H,5-7H2,1-4H3,(H,13,14)/t8-,9-/m1/s1. The number of carbonyl (C=O) groups is 1. The van der Waals surface area contributed by atoms with Crippen LogP contribution in [0.5, 0.6) is 0 Å². The minimum atomic E-state index is -0.318. The zero-order chi connectivity index (χ0) is 11.5. The van der Waals surface area contributed by atoms with E-state index in [1.54, 1.807) is 0 Å². The van der Waals surface area contributed by atoms with Crippen LogP contribution in [-0.4, -0.2) is 30.8 Å². The third-order valence-corrected chi connectivity index (χ3v) is 2.53. The Morgan fingerprint density at radius 3 is 2.67 bits per heavy atom. The fourth-order valence-electron chi connectivity index (χ4n) is 1.68. The van der Waals surface area contributed by atoms with Crippen molar-refractivity contribution in [1.82, 2.24) is 10.6 Å². The summed E-state index contributed by atoms with van der Waals surface area (Å²) < 4.78 is 5.32. The number of ether oxygens (including phenoxy) is 1. The summed E-state index contributed by atoms with van der Waals surface area (Å²) in [6.45, 7) is 9.76. The minimum absolute atomic E-state index is 0.0117. The Labute approximate surface area is 91.8 Å².